The molecule has 9 heteroatoms. The van der Waals surface area contributed by atoms with Crippen molar-refractivity contribution in [2.45, 2.75) is 13.2 Å². The van der Waals surface area contributed by atoms with E-state index in [4.69, 9.17) is 4.74 Å². The van der Waals surface area contributed by atoms with Gasteiger partial charge in [0.15, 0.2) is 11.5 Å². The molecule has 0 radical (unpaired) electrons. The number of alkyl halides is 2. The molecule has 1 aliphatic rings. The maximum atomic E-state index is 12.5. The first-order chi connectivity index (χ1) is 12.5. The molecule has 0 bridgehead atoms. The number of amides is 2. The van der Waals surface area contributed by atoms with Crippen LogP contribution in [0.25, 0.3) is 6.08 Å². The van der Waals surface area contributed by atoms with Crippen molar-refractivity contribution in [2.24, 2.45) is 0 Å². The molecule has 2 aromatic rings. The molecule has 5 nitrogen and oxygen atoms in total. The Bertz CT molecular complexity index is 852. The fourth-order valence-corrected chi connectivity index (χ4v) is 3.89. The predicted octanol–water partition coefficient (Wildman–Crippen LogP) is 4.59. The molecule has 2 amide bonds. The van der Waals surface area contributed by atoms with Gasteiger partial charge in [0, 0.05) is 4.88 Å². The average molecular weight is 397 g/mol. The fraction of sp³-hybridized carbons (Fsp3) is 0.176. The molecule has 3 rings (SSSR count). The molecular weight excluding hydrogens is 384 g/mol. The molecule has 2 heterocycles. The number of ether oxygens (including phenoxy) is 2. The van der Waals surface area contributed by atoms with E-state index in [1.54, 1.807) is 6.08 Å². The van der Waals surface area contributed by atoms with Crippen molar-refractivity contribution in [1.82, 2.24) is 4.90 Å². The van der Waals surface area contributed by atoms with E-state index in [9.17, 15) is 18.4 Å². The van der Waals surface area contributed by atoms with Gasteiger partial charge in [-0.1, -0.05) is 12.1 Å². The zero-order valence-electron chi connectivity index (χ0n) is 13.5. The third kappa shape index (κ3) is 4.05. The van der Waals surface area contributed by atoms with E-state index in [0.717, 1.165) is 21.5 Å². The van der Waals surface area contributed by atoms with Gasteiger partial charge in [-0.05, 0) is 47.0 Å². The number of imide groups is 1. The largest absolute Gasteiger partial charge is 0.493 e. The summed E-state index contributed by atoms with van der Waals surface area (Å²) < 4.78 is 34.2. The van der Waals surface area contributed by atoms with Gasteiger partial charge in [-0.25, -0.2) is 0 Å². The van der Waals surface area contributed by atoms with Gasteiger partial charge in [-0.2, -0.15) is 8.78 Å². The monoisotopic (exact) mass is 397 g/mol. The maximum absolute atomic E-state index is 12.5. The van der Waals surface area contributed by atoms with Crippen molar-refractivity contribution in [3.8, 4) is 11.5 Å². The van der Waals surface area contributed by atoms with Gasteiger partial charge >= 0.3 is 6.61 Å². The van der Waals surface area contributed by atoms with Crippen LogP contribution in [0.1, 0.15) is 10.4 Å². The SMILES string of the molecule is COc1cc(CN2C(=O)S/C(=C\c3cccs3)C2=O)ccc1OC(F)F. The van der Waals surface area contributed by atoms with Gasteiger partial charge in [0.25, 0.3) is 11.1 Å². The van der Waals surface area contributed by atoms with Crippen LogP contribution in [0.3, 0.4) is 0 Å². The summed E-state index contributed by atoms with van der Waals surface area (Å²) in [6.45, 7) is -2.96. The Kier molecular flexibility index (Phi) is 5.58. The minimum atomic E-state index is -2.97. The normalized spacial score (nSPS) is 16.0. The average Bonchev–Trinajstić information content (AvgIpc) is 3.20. The highest BCUT2D eigenvalue weighted by atomic mass is 32.2. The first kappa shape index (κ1) is 18.4. The lowest BCUT2D eigenvalue weighted by molar-refractivity contribution is -0.123. The molecule has 136 valence electrons. The molecule has 0 unspecified atom stereocenters. The van der Waals surface area contributed by atoms with Crippen LogP contribution in [0.15, 0.2) is 40.6 Å². The van der Waals surface area contributed by atoms with Crippen molar-refractivity contribution in [2.75, 3.05) is 7.11 Å². The minimum absolute atomic E-state index is 0.0117. The van der Waals surface area contributed by atoms with E-state index in [0.29, 0.717) is 10.5 Å². The number of carbonyl (C=O) groups excluding carboxylic acids is 2. The van der Waals surface area contributed by atoms with Gasteiger partial charge < -0.3 is 9.47 Å². The summed E-state index contributed by atoms with van der Waals surface area (Å²) in [6.07, 6.45) is 1.68. The predicted molar refractivity (Wildman–Crippen MR) is 95.5 cm³/mol. The standard InChI is InChI=1S/C17H13F2NO4S2/c1-23-13-7-10(4-5-12(13)24-16(18)19)9-20-15(21)14(26-17(20)22)8-11-3-2-6-25-11/h2-8,16H,9H2,1H3/b14-8-. The third-order valence-corrected chi connectivity index (χ3v) is 5.20. The summed E-state index contributed by atoms with van der Waals surface area (Å²) in [5.41, 5.74) is 0.558. The van der Waals surface area contributed by atoms with E-state index >= 15 is 0 Å². The molecule has 0 N–H and O–H groups in total. The lowest BCUT2D eigenvalue weighted by Gasteiger charge is -2.15. The van der Waals surface area contributed by atoms with Crippen LogP contribution in [0, 0.1) is 0 Å². The van der Waals surface area contributed by atoms with E-state index in [1.807, 2.05) is 17.5 Å². The molecule has 0 spiro atoms. The summed E-state index contributed by atoms with van der Waals surface area (Å²) in [5.74, 6) is -0.401. The maximum Gasteiger partial charge on any atom is 0.387 e. The summed E-state index contributed by atoms with van der Waals surface area (Å²) in [4.78, 5) is 27.0. The van der Waals surface area contributed by atoms with Gasteiger partial charge in [0.05, 0.1) is 18.6 Å². The van der Waals surface area contributed by atoms with Crippen LogP contribution >= 0.6 is 23.1 Å². The number of rotatable bonds is 6. The Labute approximate surface area is 156 Å². The molecule has 1 aromatic heterocycles. The first-order valence-electron chi connectivity index (χ1n) is 7.38. The highest BCUT2D eigenvalue weighted by Crippen LogP contribution is 2.35. The van der Waals surface area contributed by atoms with Crippen molar-refractivity contribution in [3.63, 3.8) is 0 Å². The number of thioether (sulfide) groups is 1. The molecule has 0 atom stereocenters. The molecule has 1 aliphatic heterocycles. The number of carbonyl (C=O) groups is 2. The lowest BCUT2D eigenvalue weighted by Crippen LogP contribution is -2.27. The summed E-state index contributed by atoms with van der Waals surface area (Å²) >= 11 is 2.34. The Hall–Kier alpha value is -2.39. The second-order valence-corrected chi connectivity index (χ2v) is 7.12. The smallest absolute Gasteiger partial charge is 0.387 e. The highest BCUT2D eigenvalue weighted by Gasteiger charge is 2.35. The zero-order chi connectivity index (χ0) is 18.7. The number of nitrogens with zero attached hydrogens (tertiary/aromatic N) is 1. The zero-order valence-corrected chi connectivity index (χ0v) is 15.1. The van der Waals surface area contributed by atoms with Crippen LogP contribution < -0.4 is 9.47 Å². The molecule has 1 aromatic carbocycles. The summed E-state index contributed by atoms with van der Waals surface area (Å²) in [6, 6.07) is 8.00. The molecule has 0 aliphatic carbocycles. The second kappa shape index (κ2) is 7.88. The number of benzene rings is 1. The summed E-state index contributed by atoms with van der Waals surface area (Å²) in [7, 11) is 1.32. The van der Waals surface area contributed by atoms with E-state index < -0.39 is 6.61 Å². The van der Waals surface area contributed by atoms with Gasteiger partial charge in [-0.15, -0.1) is 11.3 Å². The summed E-state index contributed by atoms with van der Waals surface area (Å²) in [5, 5.41) is 1.50. The van der Waals surface area contributed by atoms with Gasteiger partial charge in [-0.3, -0.25) is 14.5 Å². The highest BCUT2D eigenvalue weighted by molar-refractivity contribution is 8.18. The molecule has 1 saturated heterocycles. The van der Waals surface area contributed by atoms with Crippen LogP contribution in [-0.4, -0.2) is 29.8 Å². The van der Waals surface area contributed by atoms with Gasteiger partial charge in [0.2, 0.25) is 0 Å². The topological polar surface area (TPSA) is 55.8 Å². The first-order valence-corrected chi connectivity index (χ1v) is 9.08. The molecule has 1 fully saturated rings. The number of methoxy groups -OCH3 is 1. The van der Waals surface area contributed by atoms with Crippen molar-refractivity contribution in [1.29, 1.82) is 0 Å². The van der Waals surface area contributed by atoms with Crippen molar-refractivity contribution in [3.05, 3.63) is 51.1 Å². The van der Waals surface area contributed by atoms with Crippen LogP contribution in [0.4, 0.5) is 13.6 Å². The number of hydrogen-bond donors (Lipinski definition) is 0. The van der Waals surface area contributed by atoms with Crippen LogP contribution in [-0.2, 0) is 11.3 Å². The van der Waals surface area contributed by atoms with Crippen molar-refractivity contribution >= 4 is 40.3 Å². The number of hydrogen-bond acceptors (Lipinski definition) is 6. The fourth-order valence-electron chi connectivity index (χ4n) is 2.33. The Morgan fingerprint density at radius 1 is 1.23 bits per heavy atom. The van der Waals surface area contributed by atoms with E-state index in [1.165, 1.54) is 36.6 Å². The Morgan fingerprint density at radius 3 is 2.69 bits per heavy atom. The minimum Gasteiger partial charge on any atom is -0.493 e. The molecular formula is C17H13F2NO4S2. The lowest BCUT2D eigenvalue weighted by atomic mass is 10.2. The molecule has 0 saturated carbocycles. The Morgan fingerprint density at radius 2 is 2.04 bits per heavy atom. The van der Waals surface area contributed by atoms with Crippen LogP contribution in [0.2, 0.25) is 0 Å². The second-order valence-electron chi connectivity index (χ2n) is 5.15. The van der Waals surface area contributed by atoms with Crippen LogP contribution in [0.5, 0.6) is 11.5 Å². The van der Waals surface area contributed by atoms with Gasteiger partial charge in [0.1, 0.15) is 0 Å². The third-order valence-electron chi connectivity index (χ3n) is 3.47. The molecule has 26 heavy (non-hydrogen) atoms. The quantitative estimate of drug-likeness (QED) is 0.667. The number of halogens is 2. The van der Waals surface area contributed by atoms with Crippen molar-refractivity contribution < 1.29 is 27.8 Å². The van der Waals surface area contributed by atoms with E-state index in [-0.39, 0.29) is 29.2 Å². The Balaban J connectivity index is 1.78. The van der Waals surface area contributed by atoms with E-state index in [2.05, 4.69) is 4.74 Å². The number of thiophene rings is 1.